The predicted molar refractivity (Wildman–Crippen MR) is 174 cm³/mol. The molecule has 45 heavy (non-hydrogen) atoms. The molecule has 8 atom stereocenters. The topological polar surface area (TPSA) is 116 Å². The Kier molecular flexibility index (Phi) is 8.53. The first-order valence-corrected chi connectivity index (χ1v) is 17.5. The van der Waals surface area contributed by atoms with Gasteiger partial charge in [-0.2, -0.15) is 0 Å². The van der Waals surface area contributed by atoms with Crippen LogP contribution >= 0.6 is 0 Å². The van der Waals surface area contributed by atoms with Gasteiger partial charge in [0.25, 0.3) is 0 Å². The number of nitrogens with zero attached hydrogens (tertiary/aromatic N) is 3. The number of nitro groups is 2. The second kappa shape index (κ2) is 12.0. The number of benzene rings is 1. The fourth-order valence-corrected chi connectivity index (χ4v) is 10.6. The third-order valence-corrected chi connectivity index (χ3v) is 13.0. The summed E-state index contributed by atoms with van der Waals surface area (Å²) in [5.74, 6) is 3.81. The van der Waals surface area contributed by atoms with Crippen molar-refractivity contribution in [1.29, 1.82) is 0 Å². The molecule has 1 heterocycles. The summed E-state index contributed by atoms with van der Waals surface area (Å²) in [4.78, 5) is 37.1. The Bertz CT molecular complexity index is 1350. The first-order valence-electron chi connectivity index (χ1n) is 17.5. The van der Waals surface area contributed by atoms with Gasteiger partial charge in [0.2, 0.25) is 0 Å². The maximum absolute atomic E-state index is 13.3. The van der Waals surface area contributed by atoms with E-state index < -0.39 is 27.2 Å². The molecule has 4 fully saturated rings. The molecule has 246 valence electrons. The van der Waals surface area contributed by atoms with Crippen LogP contribution in [0.15, 0.2) is 23.8 Å². The molecule has 1 aromatic rings. The third-order valence-electron chi connectivity index (χ3n) is 13.0. The Morgan fingerprint density at radius 2 is 1.67 bits per heavy atom. The summed E-state index contributed by atoms with van der Waals surface area (Å²) < 4.78 is 5.93. The van der Waals surface area contributed by atoms with E-state index in [0.717, 1.165) is 55.1 Å². The van der Waals surface area contributed by atoms with Crippen LogP contribution in [0.25, 0.3) is 0 Å². The average Bonchev–Trinajstić information content (AvgIpc) is 3.76. The van der Waals surface area contributed by atoms with Gasteiger partial charge in [0.15, 0.2) is 5.69 Å². The first kappa shape index (κ1) is 32.0. The van der Waals surface area contributed by atoms with Gasteiger partial charge >= 0.3 is 17.3 Å². The quantitative estimate of drug-likeness (QED) is 0.0842. The maximum atomic E-state index is 13.3. The number of esters is 1. The van der Waals surface area contributed by atoms with Crippen molar-refractivity contribution < 1.29 is 19.4 Å². The van der Waals surface area contributed by atoms with E-state index in [0.29, 0.717) is 36.8 Å². The molecule has 0 unspecified atom stereocenters. The molecule has 1 aliphatic heterocycles. The summed E-state index contributed by atoms with van der Waals surface area (Å²) in [7, 11) is 0. The van der Waals surface area contributed by atoms with Crippen molar-refractivity contribution in [3.8, 4) is 0 Å². The molecule has 1 saturated heterocycles. The number of rotatable bonds is 10. The maximum Gasteiger partial charge on any atom is 0.338 e. The summed E-state index contributed by atoms with van der Waals surface area (Å²) in [5, 5.41) is 23.6. The van der Waals surface area contributed by atoms with Gasteiger partial charge in [-0.05, 0) is 91.3 Å². The lowest BCUT2D eigenvalue weighted by atomic mass is 9.47. The Hall–Kier alpha value is -2.97. The zero-order valence-corrected chi connectivity index (χ0v) is 27.8. The number of hydrogen-bond donors (Lipinski definition) is 0. The number of carbonyl (C=O) groups is 1. The van der Waals surface area contributed by atoms with E-state index in [1.54, 1.807) is 4.90 Å². The van der Waals surface area contributed by atoms with Crippen molar-refractivity contribution in [2.24, 2.45) is 46.3 Å². The normalized spacial score (nSPS) is 34.3. The highest BCUT2D eigenvalue weighted by atomic mass is 16.6. The van der Waals surface area contributed by atoms with Crippen LogP contribution in [-0.4, -0.2) is 35.0 Å². The van der Waals surface area contributed by atoms with Crippen molar-refractivity contribution in [3.63, 3.8) is 0 Å². The van der Waals surface area contributed by atoms with E-state index in [4.69, 9.17) is 4.74 Å². The highest BCUT2D eigenvalue weighted by Gasteiger charge is 2.59. The van der Waals surface area contributed by atoms with Gasteiger partial charge in [0.05, 0.1) is 15.4 Å². The smallest absolute Gasteiger partial charge is 0.338 e. The van der Waals surface area contributed by atoms with Gasteiger partial charge < -0.3 is 9.64 Å². The van der Waals surface area contributed by atoms with E-state index in [1.807, 2.05) is 0 Å². The molecule has 9 heteroatoms. The highest BCUT2D eigenvalue weighted by Crippen LogP contribution is 2.67. The number of hydrogen-bond acceptors (Lipinski definition) is 7. The summed E-state index contributed by atoms with van der Waals surface area (Å²) in [6.45, 7) is 13.3. The van der Waals surface area contributed by atoms with Crippen LogP contribution < -0.4 is 4.90 Å². The Morgan fingerprint density at radius 3 is 2.29 bits per heavy atom. The Labute approximate surface area is 267 Å². The lowest BCUT2D eigenvalue weighted by Gasteiger charge is -2.58. The number of fused-ring (bicyclic) bond motifs is 5. The van der Waals surface area contributed by atoms with Crippen molar-refractivity contribution in [1.82, 2.24) is 0 Å². The molecular formula is C36H51N3O6. The number of anilines is 1. The SMILES string of the molecule is CC(C)CCC[C@@H](C)[C@H]1CC[C@H]2[C@@H]3CC=C4C[C@H](OC(=O)c5cc([N+](=O)[O-])c(N6CC6)c([N+](=O)[O-])c5)CC[C@]4(C)[C@H]3CC[C@]12C. The van der Waals surface area contributed by atoms with Crippen LogP contribution in [0.5, 0.6) is 0 Å². The molecule has 6 rings (SSSR count). The van der Waals surface area contributed by atoms with Crippen LogP contribution in [-0.2, 0) is 4.74 Å². The van der Waals surface area contributed by atoms with E-state index in [-0.39, 0.29) is 22.8 Å². The number of allylic oxidation sites excluding steroid dienone is 1. The zero-order valence-electron chi connectivity index (χ0n) is 27.8. The lowest BCUT2D eigenvalue weighted by Crippen LogP contribution is -2.51. The lowest BCUT2D eigenvalue weighted by molar-refractivity contribution is -0.392. The fourth-order valence-electron chi connectivity index (χ4n) is 10.6. The van der Waals surface area contributed by atoms with E-state index in [1.165, 1.54) is 50.5 Å². The minimum Gasteiger partial charge on any atom is -0.458 e. The predicted octanol–water partition coefficient (Wildman–Crippen LogP) is 8.89. The van der Waals surface area contributed by atoms with Gasteiger partial charge in [-0.25, -0.2) is 4.79 Å². The van der Waals surface area contributed by atoms with Gasteiger partial charge in [-0.3, -0.25) is 20.2 Å². The van der Waals surface area contributed by atoms with E-state index >= 15 is 0 Å². The second-order valence-corrected chi connectivity index (χ2v) is 15.9. The first-order chi connectivity index (χ1) is 21.3. The van der Waals surface area contributed by atoms with E-state index in [9.17, 15) is 25.0 Å². The molecule has 5 aliphatic rings. The van der Waals surface area contributed by atoms with Crippen molar-refractivity contribution in [3.05, 3.63) is 49.6 Å². The van der Waals surface area contributed by atoms with Gasteiger partial charge in [-0.1, -0.05) is 65.5 Å². The standard InChI is InChI=1S/C36H51N3O6/c1-22(2)7-6-8-23(3)28-11-12-29-27-10-9-25-21-26(13-15-35(25,4)30(27)14-16-36(28,29)5)45-34(40)24-19-31(38(41)42)33(37-17-18-37)32(20-24)39(43)44/h9,19-20,22-23,26-30H,6-8,10-18,21H2,1-5H3/t23-,26-,27+,28-,29+,30+,35+,36-/m1/s1. The van der Waals surface area contributed by atoms with Crippen LogP contribution in [0.3, 0.4) is 0 Å². The van der Waals surface area contributed by atoms with Gasteiger partial charge in [-0.15, -0.1) is 0 Å². The van der Waals surface area contributed by atoms with Gasteiger partial charge in [0.1, 0.15) is 6.10 Å². The summed E-state index contributed by atoms with van der Waals surface area (Å²) >= 11 is 0. The molecular weight excluding hydrogens is 570 g/mol. The molecule has 0 N–H and O–H groups in total. The minimum absolute atomic E-state index is 0.0327. The molecule has 0 amide bonds. The molecule has 1 aromatic carbocycles. The summed E-state index contributed by atoms with van der Waals surface area (Å²) in [6.07, 6.45) is 14.9. The van der Waals surface area contributed by atoms with Crippen LogP contribution in [0.4, 0.5) is 17.1 Å². The minimum atomic E-state index is -0.727. The van der Waals surface area contributed by atoms with Crippen LogP contribution in [0, 0.1) is 66.6 Å². The highest BCUT2D eigenvalue weighted by molar-refractivity contribution is 5.94. The Balaban J connectivity index is 1.14. The van der Waals surface area contributed by atoms with Crippen molar-refractivity contribution in [2.45, 2.75) is 111 Å². The molecule has 4 aliphatic carbocycles. The summed E-state index contributed by atoms with van der Waals surface area (Å²) in [6, 6.07) is 2.28. The molecule has 0 radical (unpaired) electrons. The number of nitro benzene ring substituents is 2. The zero-order chi connectivity index (χ0) is 32.3. The van der Waals surface area contributed by atoms with Gasteiger partial charge in [0, 0.05) is 31.6 Å². The van der Waals surface area contributed by atoms with E-state index in [2.05, 4.69) is 40.7 Å². The molecule has 0 bridgehead atoms. The Morgan fingerprint density at radius 1 is 0.978 bits per heavy atom. The third kappa shape index (κ3) is 5.78. The fraction of sp³-hybridized carbons (Fsp3) is 0.750. The number of carbonyl (C=O) groups excluding carboxylic acids is 1. The number of ether oxygens (including phenoxy) is 1. The van der Waals surface area contributed by atoms with Crippen LogP contribution in [0.1, 0.15) is 116 Å². The van der Waals surface area contributed by atoms with Crippen LogP contribution in [0.2, 0.25) is 0 Å². The molecule has 0 aromatic heterocycles. The molecule has 9 nitrogen and oxygen atoms in total. The molecule has 3 saturated carbocycles. The average molecular weight is 622 g/mol. The monoisotopic (exact) mass is 621 g/mol. The van der Waals surface area contributed by atoms with Crippen molar-refractivity contribution in [2.75, 3.05) is 18.0 Å². The largest absolute Gasteiger partial charge is 0.458 e. The molecule has 0 spiro atoms. The second-order valence-electron chi connectivity index (χ2n) is 15.9. The summed E-state index contributed by atoms with van der Waals surface area (Å²) in [5.41, 5.74) is 0.918. The van der Waals surface area contributed by atoms with Crippen molar-refractivity contribution >= 4 is 23.0 Å².